The molecule has 6 nitrogen and oxygen atoms in total. The molecule has 0 aliphatic carbocycles. The largest absolute Gasteiger partial charge is 0.351 e. The molecule has 2 aromatic heterocycles. The van der Waals surface area contributed by atoms with Crippen molar-refractivity contribution in [2.45, 2.75) is 46.6 Å². The van der Waals surface area contributed by atoms with Crippen LogP contribution in [0.3, 0.4) is 0 Å². The maximum atomic E-state index is 12.6. The van der Waals surface area contributed by atoms with Crippen LogP contribution < -0.4 is 10.9 Å². The Hall–Kier alpha value is -2.63. The Balaban J connectivity index is 1.87. The molecule has 0 spiro atoms. The number of anilines is 1. The number of unbranched alkanes of at least 4 members (excludes halogenated alkanes) is 1. The second kappa shape index (κ2) is 6.86. The average Bonchev–Trinajstić information content (AvgIpc) is 2.97. The zero-order valence-corrected chi connectivity index (χ0v) is 14.4. The molecular formula is C18H23N5O. The van der Waals surface area contributed by atoms with Crippen LogP contribution in [-0.4, -0.2) is 19.6 Å². The van der Waals surface area contributed by atoms with Gasteiger partial charge in [-0.25, -0.2) is 4.98 Å². The predicted octanol–water partition coefficient (Wildman–Crippen LogP) is 2.99. The fraction of sp³-hybridized carbons (Fsp3) is 0.389. The number of rotatable bonds is 6. The molecule has 0 saturated carbocycles. The van der Waals surface area contributed by atoms with Gasteiger partial charge in [0.15, 0.2) is 0 Å². The number of aryl methyl sites for hydroxylation is 2. The van der Waals surface area contributed by atoms with Gasteiger partial charge in [-0.2, -0.15) is 9.50 Å². The molecule has 0 aliphatic rings. The predicted molar refractivity (Wildman–Crippen MR) is 95.5 cm³/mol. The highest BCUT2D eigenvalue weighted by atomic mass is 16.1. The number of aromatic nitrogens is 4. The quantitative estimate of drug-likeness (QED) is 0.730. The van der Waals surface area contributed by atoms with E-state index in [1.165, 1.54) is 15.6 Å². The van der Waals surface area contributed by atoms with E-state index >= 15 is 0 Å². The Kier molecular flexibility index (Phi) is 4.64. The lowest BCUT2D eigenvalue weighted by atomic mass is 10.1. The number of hydrogen-bond acceptors (Lipinski definition) is 4. The molecule has 0 amide bonds. The van der Waals surface area contributed by atoms with Crippen molar-refractivity contribution < 1.29 is 0 Å². The van der Waals surface area contributed by atoms with E-state index in [2.05, 4.69) is 46.4 Å². The molecule has 0 aliphatic heterocycles. The number of benzene rings is 1. The summed E-state index contributed by atoms with van der Waals surface area (Å²) < 4.78 is 1.43. The third kappa shape index (κ3) is 3.18. The van der Waals surface area contributed by atoms with Crippen LogP contribution in [-0.2, 0) is 13.0 Å². The van der Waals surface area contributed by atoms with Gasteiger partial charge >= 0.3 is 0 Å². The van der Waals surface area contributed by atoms with E-state index in [0.29, 0.717) is 18.3 Å². The van der Waals surface area contributed by atoms with E-state index < -0.39 is 0 Å². The highest BCUT2D eigenvalue weighted by Gasteiger charge is 2.12. The molecule has 0 fully saturated rings. The van der Waals surface area contributed by atoms with Crippen molar-refractivity contribution in [1.29, 1.82) is 0 Å². The van der Waals surface area contributed by atoms with Crippen molar-refractivity contribution in [2.24, 2.45) is 0 Å². The number of aromatic amines is 1. The zero-order chi connectivity index (χ0) is 17.1. The van der Waals surface area contributed by atoms with E-state index in [9.17, 15) is 4.79 Å². The second-order valence-electron chi connectivity index (χ2n) is 6.07. The van der Waals surface area contributed by atoms with Crippen molar-refractivity contribution in [1.82, 2.24) is 19.6 Å². The molecular weight excluding hydrogens is 302 g/mol. The topological polar surface area (TPSA) is 75.1 Å². The van der Waals surface area contributed by atoms with Crippen LogP contribution in [0.5, 0.6) is 0 Å². The van der Waals surface area contributed by atoms with Crippen LogP contribution in [0.25, 0.3) is 5.78 Å². The molecule has 0 unspecified atom stereocenters. The number of hydrogen-bond donors (Lipinski definition) is 2. The van der Waals surface area contributed by atoms with Crippen LogP contribution in [0, 0.1) is 13.8 Å². The first kappa shape index (κ1) is 16.2. The van der Waals surface area contributed by atoms with E-state index in [0.717, 1.165) is 30.5 Å². The molecule has 126 valence electrons. The Bertz CT molecular complexity index is 909. The van der Waals surface area contributed by atoms with E-state index in [1.807, 2.05) is 19.1 Å². The first-order chi connectivity index (χ1) is 11.6. The zero-order valence-electron chi connectivity index (χ0n) is 14.4. The molecule has 3 rings (SSSR count). The van der Waals surface area contributed by atoms with Gasteiger partial charge in [-0.1, -0.05) is 37.6 Å². The summed E-state index contributed by atoms with van der Waals surface area (Å²) in [6, 6.07) is 8.18. The molecule has 0 bridgehead atoms. The minimum absolute atomic E-state index is 0.0533. The fourth-order valence-corrected chi connectivity index (χ4v) is 2.76. The minimum atomic E-state index is -0.0533. The number of nitrogens with one attached hydrogen (secondary N) is 2. The Morgan fingerprint density at radius 3 is 2.75 bits per heavy atom. The van der Waals surface area contributed by atoms with Crippen molar-refractivity contribution in [2.75, 3.05) is 5.32 Å². The van der Waals surface area contributed by atoms with Gasteiger partial charge in [0.25, 0.3) is 11.3 Å². The molecule has 0 saturated heterocycles. The van der Waals surface area contributed by atoms with Crippen LogP contribution in [0.2, 0.25) is 0 Å². The highest BCUT2D eigenvalue weighted by Crippen LogP contribution is 2.11. The van der Waals surface area contributed by atoms with E-state index in [-0.39, 0.29) is 5.56 Å². The molecule has 6 heteroatoms. The van der Waals surface area contributed by atoms with Gasteiger partial charge in [0.2, 0.25) is 5.95 Å². The maximum Gasteiger partial charge on any atom is 0.277 e. The standard InChI is InChI=1S/C18H23N5O/c1-4-5-10-15-13(3)20-18-21-17(22-23(18)16(15)24)19-11-14-9-7-6-8-12(14)2/h6-9H,4-5,10-11H2,1-3H3,(H2,19,20,21,22). The fourth-order valence-electron chi connectivity index (χ4n) is 2.76. The summed E-state index contributed by atoms with van der Waals surface area (Å²) in [7, 11) is 0. The van der Waals surface area contributed by atoms with Crippen LogP contribution in [0.15, 0.2) is 29.1 Å². The monoisotopic (exact) mass is 325 g/mol. The summed E-state index contributed by atoms with van der Waals surface area (Å²) in [5.41, 5.74) is 3.89. The van der Waals surface area contributed by atoms with Gasteiger partial charge in [0.1, 0.15) is 0 Å². The first-order valence-electron chi connectivity index (χ1n) is 8.36. The molecule has 24 heavy (non-hydrogen) atoms. The molecule has 2 heterocycles. The molecule has 1 aromatic carbocycles. The SMILES string of the molecule is CCCCc1c(C)nc2nc(NCc3ccccc3C)[nH]n2c1=O. The molecule has 0 atom stereocenters. The third-order valence-corrected chi connectivity index (χ3v) is 4.28. The third-order valence-electron chi connectivity index (χ3n) is 4.28. The molecule has 0 radical (unpaired) electrons. The lowest BCUT2D eigenvalue weighted by molar-refractivity contribution is 0.759. The second-order valence-corrected chi connectivity index (χ2v) is 6.07. The van der Waals surface area contributed by atoms with Crippen LogP contribution in [0.4, 0.5) is 5.95 Å². The lowest BCUT2D eigenvalue weighted by Crippen LogP contribution is -2.22. The molecule has 2 N–H and O–H groups in total. The summed E-state index contributed by atoms with van der Waals surface area (Å²) in [5, 5.41) is 6.25. The van der Waals surface area contributed by atoms with Gasteiger partial charge in [0, 0.05) is 12.1 Å². The van der Waals surface area contributed by atoms with Gasteiger partial charge in [-0.15, -0.1) is 0 Å². The Morgan fingerprint density at radius 1 is 1.21 bits per heavy atom. The van der Waals surface area contributed by atoms with Crippen molar-refractivity contribution in [3.05, 3.63) is 57.0 Å². The van der Waals surface area contributed by atoms with Gasteiger partial charge in [0.05, 0.1) is 5.69 Å². The van der Waals surface area contributed by atoms with E-state index in [4.69, 9.17) is 0 Å². The van der Waals surface area contributed by atoms with Gasteiger partial charge < -0.3 is 5.32 Å². The lowest BCUT2D eigenvalue weighted by Gasteiger charge is -2.05. The van der Waals surface area contributed by atoms with Crippen molar-refractivity contribution in [3.63, 3.8) is 0 Å². The average molecular weight is 325 g/mol. The van der Waals surface area contributed by atoms with Crippen molar-refractivity contribution in [3.8, 4) is 0 Å². The number of H-pyrrole nitrogens is 1. The summed E-state index contributed by atoms with van der Waals surface area (Å²) in [6.45, 7) is 6.71. The van der Waals surface area contributed by atoms with Gasteiger partial charge in [-0.05, 0) is 37.8 Å². The summed E-state index contributed by atoms with van der Waals surface area (Å²) in [6.07, 6.45) is 2.78. The van der Waals surface area contributed by atoms with Crippen molar-refractivity contribution >= 4 is 11.7 Å². The minimum Gasteiger partial charge on any atom is -0.351 e. The summed E-state index contributed by atoms with van der Waals surface area (Å²) in [5.74, 6) is 0.958. The smallest absolute Gasteiger partial charge is 0.277 e. The highest BCUT2D eigenvalue weighted by molar-refractivity contribution is 5.40. The van der Waals surface area contributed by atoms with Gasteiger partial charge in [-0.3, -0.25) is 9.89 Å². The Morgan fingerprint density at radius 2 is 2.00 bits per heavy atom. The number of fused-ring (bicyclic) bond motifs is 1. The van der Waals surface area contributed by atoms with Crippen LogP contribution in [0.1, 0.15) is 42.1 Å². The number of nitrogens with zero attached hydrogens (tertiary/aromatic N) is 3. The van der Waals surface area contributed by atoms with E-state index in [1.54, 1.807) is 0 Å². The summed E-state index contributed by atoms with van der Waals surface area (Å²) in [4.78, 5) is 21.5. The maximum absolute atomic E-state index is 12.6. The normalized spacial score (nSPS) is 11.1. The van der Waals surface area contributed by atoms with Crippen LogP contribution >= 0.6 is 0 Å². The summed E-state index contributed by atoms with van der Waals surface area (Å²) >= 11 is 0. The molecule has 3 aromatic rings. The Labute approximate surface area is 141 Å². The first-order valence-corrected chi connectivity index (χ1v) is 8.36.